The molecule has 1 unspecified atom stereocenters. The Morgan fingerprint density at radius 2 is 1.67 bits per heavy atom. The van der Waals surface area contributed by atoms with Crippen LogP contribution in [0.1, 0.15) is 55.0 Å². The van der Waals surface area contributed by atoms with Gasteiger partial charge in [0.25, 0.3) is 11.5 Å². The van der Waals surface area contributed by atoms with E-state index in [1.165, 1.54) is 16.9 Å². The van der Waals surface area contributed by atoms with Gasteiger partial charge in [0.05, 0.1) is 21.8 Å². The average Bonchev–Trinajstić information content (AvgIpc) is 3.34. The highest BCUT2D eigenvalue weighted by Crippen LogP contribution is 2.31. The standard InChI is InChI=1S/C37H32ClN3O3S/c1-23(2)27-13-15-28(16-14-27)34-33(35(42)40-30-7-5-4-6-8-30)24(3)39-37-41(34)36(43)32(45-37)21-25-11-19-31(20-12-25)44-22-26-9-17-29(38)18-10-26/h4-21,23,34H,22H2,1-3H3,(H,40,42)/b32-21-. The highest BCUT2D eigenvalue weighted by molar-refractivity contribution is 7.07. The van der Waals surface area contributed by atoms with Crippen LogP contribution in [0, 0.1) is 0 Å². The van der Waals surface area contributed by atoms with E-state index in [0.717, 1.165) is 22.4 Å². The third-order valence-electron chi connectivity index (χ3n) is 7.71. The van der Waals surface area contributed by atoms with Gasteiger partial charge < -0.3 is 10.1 Å². The number of aromatic nitrogens is 1. The summed E-state index contributed by atoms with van der Waals surface area (Å²) in [5.41, 5.74) is 5.41. The molecular weight excluding hydrogens is 602 g/mol. The van der Waals surface area contributed by atoms with E-state index in [0.29, 0.717) is 43.8 Å². The lowest BCUT2D eigenvalue weighted by Gasteiger charge is -2.25. The number of rotatable bonds is 8. The van der Waals surface area contributed by atoms with E-state index in [2.05, 4.69) is 31.3 Å². The van der Waals surface area contributed by atoms with Crippen molar-refractivity contribution < 1.29 is 9.53 Å². The van der Waals surface area contributed by atoms with E-state index in [9.17, 15) is 9.59 Å². The molecule has 1 aliphatic heterocycles. The van der Waals surface area contributed by atoms with Gasteiger partial charge in [-0.05, 0) is 77.6 Å². The number of amides is 1. The number of ether oxygens (including phenoxy) is 1. The number of nitrogens with one attached hydrogen (secondary N) is 1. The molecule has 8 heteroatoms. The van der Waals surface area contributed by atoms with E-state index in [4.69, 9.17) is 21.3 Å². The van der Waals surface area contributed by atoms with Crippen LogP contribution >= 0.6 is 22.9 Å². The van der Waals surface area contributed by atoms with Gasteiger partial charge in [0.2, 0.25) is 0 Å². The number of halogens is 1. The molecule has 1 N–H and O–H groups in total. The quantitative estimate of drug-likeness (QED) is 0.196. The predicted octanol–water partition coefficient (Wildman–Crippen LogP) is 7.23. The minimum atomic E-state index is -0.628. The molecule has 0 saturated heterocycles. The average molecular weight is 634 g/mol. The molecular formula is C37H32ClN3O3S. The van der Waals surface area contributed by atoms with E-state index < -0.39 is 6.04 Å². The van der Waals surface area contributed by atoms with Gasteiger partial charge in [-0.25, -0.2) is 4.99 Å². The predicted molar refractivity (Wildman–Crippen MR) is 182 cm³/mol. The zero-order chi connectivity index (χ0) is 31.5. The van der Waals surface area contributed by atoms with E-state index >= 15 is 0 Å². The van der Waals surface area contributed by atoms with Gasteiger partial charge in [-0.1, -0.05) is 104 Å². The summed E-state index contributed by atoms with van der Waals surface area (Å²) in [4.78, 5) is 33.1. The number of carbonyl (C=O) groups excluding carboxylic acids is 1. The molecule has 45 heavy (non-hydrogen) atoms. The SMILES string of the molecule is CC1=C(C(=O)Nc2ccccc2)C(c2ccc(C(C)C)cc2)n2c(s/c(=C\c3ccc(OCc4ccc(Cl)cc4)cc3)c2=O)=N1. The Labute approximate surface area is 270 Å². The van der Waals surface area contributed by atoms with Crippen molar-refractivity contribution in [2.75, 3.05) is 5.32 Å². The van der Waals surface area contributed by atoms with Crippen LogP contribution in [0.2, 0.25) is 5.02 Å². The van der Waals surface area contributed by atoms with Gasteiger partial charge in [-0.3, -0.25) is 14.2 Å². The molecule has 0 bridgehead atoms. The Hall–Kier alpha value is -4.72. The number of hydrogen-bond donors (Lipinski definition) is 1. The van der Waals surface area contributed by atoms with Crippen molar-refractivity contribution in [1.29, 1.82) is 0 Å². The van der Waals surface area contributed by atoms with Gasteiger partial charge in [-0.2, -0.15) is 0 Å². The fraction of sp³-hybridized carbons (Fsp3) is 0.162. The molecule has 1 aliphatic rings. The minimum absolute atomic E-state index is 0.197. The molecule has 1 aromatic heterocycles. The Morgan fingerprint density at radius 1 is 0.978 bits per heavy atom. The first-order valence-electron chi connectivity index (χ1n) is 14.7. The van der Waals surface area contributed by atoms with Crippen LogP contribution in [0.3, 0.4) is 0 Å². The summed E-state index contributed by atoms with van der Waals surface area (Å²) in [5, 5.41) is 3.69. The van der Waals surface area contributed by atoms with E-state index in [-0.39, 0.29) is 11.5 Å². The van der Waals surface area contributed by atoms with Gasteiger partial charge in [0.15, 0.2) is 4.80 Å². The van der Waals surface area contributed by atoms with Crippen molar-refractivity contribution in [3.8, 4) is 5.75 Å². The highest BCUT2D eigenvalue weighted by atomic mass is 35.5. The van der Waals surface area contributed by atoms with Gasteiger partial charge in [0.1, 0.15) is 12.4 Å². The fourth-order valence-electron chi connectivity index (χ4n) is 5.27. The van der Waals surface area contributed by atoms with Crippen LogP contribution in [-0.4, -0.2) is 10.5 Å². The zero-order valence-electron chi connectivity index (χ0n) is 25.2. The lowest BCUT2D eigenvalue weighted by Crippen LogP contribution is -2.40. The Kier molecular flexibility index (Phi) is 8.83. The molecule has 6 rings (SSSR count). The second kappa shape index (κ2) is 13.1. The van der Waals surface area contributed by atoms with Crippen LogP contribution < -0.4 is 24.9 Å². The van der Waals surface area contributed by atoms with E-state index in [1.807, 2.05) is 104 Å². The normalized spacial score (nSPS) is 14.7. The molecule has 2 heterocycles. The van der Waals surface area contributed by atoms with Crippen LogP contribution in [0.4, 0.5) is 5.69 Å². The van der Waals surface area contributed by atoms with E-state index in [1.54, 1.807) is 4.57 Å². The van der Waals surface area contributed by atoms with Crippen molar-refractivity contribution in [2.24, 2.45) is 4.99 Å². The molecule has 0 radical (unpaired) electrons. The van der Waals surface area contributed by atoms with Crippen LogP contribution in [0.5, 0.6) is 5.75 Å². The lowest BCUT2D eigenvalue weighted by atomic mass is 9.93. The fourth-order valence-corrected chi connectivity index (χ4v) is 6.44. The third-order valence-corrected chi connectivity index (χ3v) is 8.95. The number of benzene rings is 4. The molecule has 0 fully saturated rings. The number of para-hydroxylation sites is 1. The van der Waals surface area contributed by atoms with Crippen molar-refractivity contribution >= 4 is 40.6 Å². The van der Waals surface area contributed by atoms with Crippen molar-refractivity contribution in [2.45, 2.75) is 39.3 Å². The maximum absolute atomic E-state index is 14.1. The molecule has 0 aliphatic carbocycles. The number of nitrogens with zero attached hydrogens (tertiary/aromatic N) is 2. The summed E-state index contributed by atoms with van der Waals surface area (Å²) in [5.74, 6) is 0.787. The first kappa shape index (κ1) is 30.3. The smallest absolute Gasteiger partial charge is 0.271 e. The summed E-state index contributed by atoms with van der Waals surface area (Å²) in [6, 6.07) is 32.0. The number of fused-ring (bicyclic) bond motifs is 1. The molecule has 6 nitrogen and oxygen atoms in total. The largest absolute Gasteiger partial charge is 0.489 e. The maximum atomic E-state index is 14.1. The highest BCUT2D eigenvalue weighted by Gasteiger charge is 2.32. The number of allylic oxidation sites excluding steroid dienone is 1. The molecule has 0 spiro atoms. The van der Waals surface area contributed by atoms with Gasteiger partial charge in [0, 0.05) is 10.7 Å². The summed E-state index contributed by atoms with van der Waals surface area (Å²) < 4.78 is 8.11. The van der Waals surface area contributed by atoms with Crippen LogP contribution in [-0.2, 0) is 11.4 Å². The first-order chi connectivity index (χ1) is 21.8. The van der Waals surface area contributed by atoms with Crippen molar-refractivity contribution in [3.05, 3.63) is 161 Å². The maximum Gasteiger partial charge on any atom is 0.271 e. The number of hydrogen-bond acceptors (Lipinski definition) is 5. The third kappa shape index (κ3) is 6.70. The van der Waals surface area contributed by atoms with Crippen LogP contribution in [0.25, 0.3) is 6.08 Å². The summed E-state index contributed by atoms with van der Waals surface area (Å²) in [6.45, 7) is 6.53. The summed E-state index contributed by atoms with van der Waals surface area (Å²) in [7, 11) is 0. The second-order valence-electron chi connectivity index (χ2n) is 11.2. The first-order valence-corrected chi connectivity index (χ1v) is 15.9. The monoisotopic (exact) mass is 633 g/mol. The van der Waals surface area contributed by atoms with Crippen LogP contribution in [0.15, 0.2) is 124 Å². The molecule has 1 amide bonds. The molecule has 226 valence electrons. The van der Waals surface area contributed by atoms with Crippen molar-refractivity contribution in [3.63, 3.8) is 0 Å². The van der Waals surface area contributed by atoms with Crippen molar-refractivity contribution in [1.82, 2.24) is 4.57 Å². The zero-order valence-corrected chi connectivity index (χ0v) is 26.7. The molecule has 4 aromatic carbocycles. The number of anilines is 1. The Bertz CT molecular complexity index is 2050. The number of carbonyl (C=O) groups is 1. The molecule has 5 aromatic rings. The summed E-state index contributed by atoms with van der Waals surface area (Å²) in [6.07, 6.45) is 1.86. The molecule has 1 atom stereocenters. The Balaban J connectivity index is 1.35. The molecule has 0 saturated carbocycles. The minimum Gasteiger partial charge on any atom is -0.489 e. The number of thiazole rings is 1. The second-order valence-corrected chi connectivity index (χ2v) is 12.7. The van der Waals surface area contributed by atoms with Gasteiger partial charge in [-0.15, -0.1) is 0 Å². The summed E-state index contributed by atoms with van der Waals surface area (Å²) >= 11 is 7.29. The Morgan fingerprint density at radius 3 is 2.33 bits per heavy atom. The van der Waals surface area contributed by atoms with Gasteiger partial charge >= 0.3 is 0 Å². The topological polar surface area (TPSA) is 72.7 Å². The lowest BCUT2D eigenvalue weighted by molar-refractivity contribution is -0.113.